The van der Waals surface area contributed by atoms with Gasteiger partial charge in [0.2, 0.25) is 0 Å². The van der Waals surface area contributed by atoms with Crippen LogP contribution in [0.1, 0.15) is 58.2 Å². The zero-order chi connectivity index (χ0) is 23.4. The van der Waals surface area contributed by atoms with Gasteiger partial charge in [0.15, 0.2) is 0 Å². The van der Waals surface area contributed by atoms with E-state index in [0.717, 1.165) is 17.2 Å². The summed E-state index contributed by atoms with van der Waals surface area (Å²) in [6, 6.07) is 8.92. The van der Waals surface area contributed by atoms with Gasteiger partial charge < -0.3 is 0 Å². The zero-order valence-corrected chi connectivity index (χ0v) is 18.3. The van der Waals surface area contributed by atoms with Gasteiger partial charge in [0, 0.05) is 23.3 Å². The van der Waals surface area contributed by atoms with Crippen molar-refractivity contribution in [3.63, 3.8) is 0 Å². The molecular weight excluding hydrogens is 390 g/mol. The number of hydrogen-bond donors (Lipinski definition) is 0. The molecule has 0 saturated carbocycles. The van der Waals surface area contributed by atoms with E-state index in [9.17, 15) is 30.3 Å². The maximum absolute atomic E-state index is 10.8. The van der Waals surface area contributed by atoms with Gasteiger partial charge in [-0.1, -0.05) is 53.7 Å². The Labute approximate surface area is 175 Å². The molecule has 0 aromatic heterocycles. The summed E-state index contributed by atoms with van der Waals surface area (Å²) < 4.78 is 0. The SMILES string of the molecule is CC(C)(C)c1ccc([N+](=O)[O-])cc1[N+](=O)[O-].Cc1cccc([N+](=O)[O-])c1C(C)(C)C. The summed E-state index contributed by atoms with van der Waals surface area (Å²) in [5.74, 6) is 0. The third kappa shape index (κ3) is 6.07. The molecule has 0 radical (unpaired) electrons. The molecule has 0 N–H and O–H groups in total. The number of nitro benzene ring substituents is 3. The quantitative estimate of drug-likeness (QED) is 0.444. The summed E-state index contributed by atoms with van der Waals surface area (Å²) in [4.78, 5) is 30.6. The highest BCUT2D eigenvalue weighted by atomic mass is 16.6. The van der Waals surface area contributed by atoms with Gasteiger partial charge in [-0.25, -0.2) is 0 Å². The van der Waals surface area contributed by atoms with Crippen LogP contribution in [0.25, 0.3) is 0 Å². The minimum atomic E-state index is -0.639. The molecule has 162 valence electrons. The second kappa shape index (κ2) is 8.98. The average Bonchev–Trinajstić information content (AvgIpc) is 2.59. The maximum Gasteiger partial charge on any atom is 0.279 e. The lowest BCUT2D eigenvalue weighted by atomic mass is 9.83. The fourth-order valence-corrected chi connectivity index (χ4v) is 3.20. The molecule has 0 aliphatic rings. The molecule has 2 aromatic carbocycles. The van der Waals surface area contributed by atoms with Crippen LogP contribution in [-0.2, 0) is 10.8 Å². The van der Waals surface area contributed by atoms with Crippen LogP contribution in [0.5, 0.6) is 0 Å². The second-order valence-electron chi connectivity index (χ2n) is 8.94. The summed E-state index contributed by atoms with van der Waals surface area (Å²) in [6.07, 6.45) is 0. The Morgan fingerprint density at radius 1 is 0.700 bits per heavy atom. The number of aryl methyl sites for hydroxylation is 1. The van der Waals surface area contributed by atoms with Crippen LogP contribution in [0.2, 0.25) is 0 Å². The molecular formula is C21H27N3O6. The first kappa shape index (κ1) is 24.7. The molecule has 0 atom stereocenters. The maximum atomic E-state index is 10.8. The summed E-state index contributed by atoms with van der Waals surface area (Å²) in [6.45, 7) is 13.3. The summed E-state index contributed by atoms with van der Waals surface area (Å²) >= 11 is 0. The van der Waals surface area contributed by atoms with Crippen molar-refractivity contribution in [1.82, 2.24) is 0 Å². The van der Waals surface area contributed by atoms with E-state index in [1.54, 1.807) is 12.1 Å². The first-order valence-corrected chi connectivity index (χ1v) is 9.25. The fourth-order valence-electron chi connectivity index (χ4n) is 3.20. The number of rotatable bonds is 3. The van der Waals surface area contributed by atoms with Crippen LogP contribution in [0.4, 0.5) is 17.1 Å². The Balaban J connectivity index is 0.000000303. The standard InChI is InChI=1S/C11H15NO2.C10H12N2O4/c1-8-6-5-7-9(12(13)14)10(8)11(2,3)4;1-10(2,3)8-5-4-7(11(13)14)6-9(8)12(15)16/h5-7H,1-4H3;4-6H,1-3H3. The lowest BCUT2D eigenvalue weighted by Crippen LogP contribution is -2.15. The van der Waals surface area contributed by atoms with Gasteiger partial charge in [-0.2, -0.15) is 0 Å². The molecule has 0 fully saturated rings. The van der Waals surface area contributed by atoms with Gasteiger partial charge in [0.05, 0.1) is 20.8 Å². The summed E-state index contributed by atoms with van der Waals surface area (Å²) in [7, 11) is 0. The van der Waals surface area contributed by atoms with Crippen molar-refractivity contribution in [2.24, 2.45) is 0 Å². The van der Waals surface area contributed by atoms with Crippen molar-refractivity contribution < 1.29 is 14.8 Å². The normalized spacial score (nSPS) is 11.3. The third-order valence-electron chi connectivity index (χ3n) is 4.39. The number of non-ortho nitro benzene ring substituents is 1. The molecule has 9 heteroatoms. The Morgan fingerprint density at radius 2 is 1.23 bits per heavy atom. The number of benzene rings is 2. The third-order valence-corrected chi connectivity index (χ3v) is 4.39. The smallest absolute Gasteiger partial charge is 0.258 e. The van der Waals surface area contributed by atoms with E-state index >= 15 is 0 Å². The highest BCUT2D eigenvalue weighted by Gasteiger charge is 2.27. The number of nitro groups is 3. The van der Waals surface area contributed by atoms with E-state index in [4.69, 9.17) is 0 Å². The predicted octanol–water partition coefficient (Wildman–Crippen LogP) is 6.00. The van der Waals surface area contributed by atoms with Gasteiger partial charge in [-0.05, 0) is 29.4 Å². The van der Waals surface area contributed by atoms with Crippen LogP contribution >= 0.6 is 0 Å². The molecule has 0 bridgehead atoms. The Kier molecular flexibility index (Phi) is 7.39. The summed E-state index contributed by atoms with van der Waals surface area (Å²) in [5.41, 5.74) is 1.43. The van der Waals surface area contributed by atoms with Gasteiger partial charge in [0.25, 0.3) is 17.1 Å². The fraction of sp³-hybridized carbons (Fsp3) is 0.429. The van der Waals surface area contributed by atoms with Gasteiger partial charge in [0.1, 0.15) is 0 Å². The first-order chi connectivity index (χ1) is 13.6. The van der Waals surface area contributed by atoms with Gasteiger partial charge >= 0.3 is 0 Å². The van der Waals surface area contributed by atoms with Crippen molar-refractivity contribution in [1.29, 1.82) is 0 Å². The van der Waals surface area contributed by atoms with E-state index in [0.29, 0.717) is 5.56 Å². The molecule has 9 nitrogen and oxygen atoms in total. The monoisotopic (exact) mass is 417 g/mol. The Morgan fingerprint density at radius 3 is 1.60 bits per heavy atom. The molecule has 0 spiro atoms. The molecule has 30 heavy (non-hydrogen) atoms. The van der Waals surface area contributed by atoms with Crippen molar-refractivity contribution >= 4 is 17.1 Å². The van der Waals surface area contributed by atoms with Crippen molar-refractivity contribution in [3.8, 4) is 0 Å². The topological polar surface area (TPSA) is 129 Å². The van der Waals surface area contributed by atoms with Crippen molar-refractivity contribution in [2.75, 3.05) is 0 Å². The highest BCUT2D eigenvalue weighted by molar-refractivity contribution is 5.52. The van der Waals surface area contributed by atoms with Crippen LogP contribution < -0.4 is 0 Å². The molecule has 0 aliphatic carbocycles. The number of nitrogens with zero attached hydrogens (tertiary/aromatic N) is 3. The molecule has 0 aliphatic heterocycles. The van der Waals surface area contributed by atoms with Crippen LogP contribution in [-0.4, -0.2) is 14.8 Å². The molecule has 0 amide bonds. The zero-order valence-electron chi connectivity index (χ0n) is 18.3. The molecule has 0 unspecified atom stereocenters. The Bertz CT molecular complexity index is 972. The van der Waals surface area contributed by atoms with Gasteiger partial charge in [-0.15, -0.1) is 0 Å². The minimum absolute atomic E-state index is 0.187. The van der Waals surface area contributed by atoms with E-state index in [-0.39, 0.29) is 27.4 Å². The first-order valence-electron chi connectivity index (χ1n) is 9.25. The molecule has 2 aromatic rings. The van der Waals surface area contributed by atoms with E-state index < -0.39 is 15.3 Å². The minimum Gasteiger partial charge on any atom is -0.258 e. The van der Waals surface area contributed by atoms with E-state index in [1.807, 2.05) is 54.5 Å². The summed E-state index contributed by atoms with van der Waals surface area (Å²) in [5, 5.41) is 32.2. The molecule has 2 rings (SSSR count). The molecule has 0 heterocycles. The van der Waals surface area contributed by atoms with Crippen molar-refractivity contribution in [2.45, 2.75) is 59.3 Å². The van der Waals surface area contributed by atoms with Crippen LogP contribution in [0.15, 0.2) is 36.4 Å². The average molecular weight is 417 g/mol. The second-order valence-corrected chi connectivity index (χ2v) is 8.94. The lowest BCUT2D eigenvalue weighted by molar-refractivity contribution is -0.394. The Hall–Kier alpha value is -3.36. The number of hydrogen-bond acceptors (Lipinski definition) is 6. The van der Waals surface area contributed by atoms with E-state index in [1.165, 1.54) is 12.1 Å². The predicted molar refractivity (Wildman–Crippen MR) is 115 cm³/mol. The van der Waals surface area contributed by atoms with Crippen molar-refractivity contribution in [3.05, 3.63) is 83.4 Å². The highest BCUT2D eigenvalue weighted by Crippen LogP contribution is 2.34. The van der Waals surface area contributed by atoms with Crippen LogP contribution in [0, 0.1) is 37.3 Å². The van der Waals surface area contributed by atoms with E-state index in [2.05, 4.69) is 0 Å². The van der Waals surface area contributed by atoms with Crippen LogP contribution in [0.3, 0.4) is 0 Å². The molecule has 0 saturated heterocycles. The largest absolute Gasteiger partial charge is 0.279 e. The lowest BCUT2D eigenvalue weighted by Gasteiger charge is -2.20. The van der Waals surface area contributed by atoms with Gasteiger partial charge in [-0.3, -0.25) is 30.3 Å².